The maximum Gasteiger partial charge on any atom is 0.426 e. The Kier molecular flexibility index (Phi) is 10.6. The second-order valence-corrected chi connectivity index (χ2v) is 14.8. The highest BCUT2D eigenvalue weighted by Crippen LogP contribution is 2.28. The van der Waals surface area contributed by atoms with Crippen LogP contribution in [0.2, 0.25) is 5.02 Å². The van der Waals surface area contributed by atoms with Gasteiger partial charge in [-0.2, -0.15) is 0 Å². The zero-order chi connectivity index (χ0) is 36.2. The van der Waals surface area contributed by atoms with E-state index >= 15 is 0 Å². The Balaban J connectivity index is 1.42. The van der Waals surface area contributed by atoms with Gasteiger partial charge in [0.05, 0.1) is 41.3 Å². The number of ether oxygens (including phenoxy) is 2. The van der Waals surface area contributed by atoms with Gasteiger partial charge in [-0.05, 0) is 57.2 Å². The summed E-state index contributed by atoms with van der Waals surface area (Å²) in [5.74, 6) is 5.44. The van der Waals surface area contributed by atoms with Crippen LogP contribution in [-0.2, 0) is 19.5 Å². The zero-order valence-corrected chi connectivity index (χ0v) is 29.6. The standard InChI is InChI=1S/C35H35ClN6O7S/c1-35(2,3)49-34(45)40-39-32(43)26-19-29(38-30-20-31(37-21-27(26)30)41(4)50(5,46)47)24-10-7-22(8-11-24)6-9-23-12-13-25(18-28(23)36)33(44)42-14-16-48-17-15-42/h7-8,10-13,18-21H,14-17H2,1-5H3,(H,39,43)(H,40,45). The Bertz CT molecular complexity index is 2140. The Morgan fingerprint density at radius 3 is 2.34 bits per heavy atom. The van der Waals surface area contributed by atoms with Gasteiger partial charge in [0.1, 0.15) is 11.4 Å². The maximum atomic E-state index is 13.3. The summed E-state index contributed by atoms with van der Waals surface area (Å²) in [5.41, 5.74) is 6.94. The molecular weight excluding hydrogens is 684 g/mol. The lowest BCUT2D eigenvalue weighted by atomic mass is 10.0. The number of amides is 3. The highest BCUT2D eigenvalue weighted by molar-refractivity contribution is 7.92. The van der Waals surface area contributed by atoms with E-state index in [2.05, 4.69) is 27.7 Å². The molecule has 2 aromatic carbocycles. The van der Waals surface area contributed by atoms with Crippen molar-refractivity contribution in [2.24, 2.45) is 0 Å². The number of carbonyl (C=O) groups is 3. The van der Waals surface area contributed by atoms with E-state index in [4.69, 9.17) is 26.1 Å². The molecule has 13 nitrogen and oxygen atoms in total. The van der Waals surface area contributed by atoms with Crippen LogP contribution in [-0.4, -0.2) is 86.4 Å². The van der Waals surface area contributed by atoms with E-state index in [1.54, 1.807) is 68.1 Å². The topological polar surface area (TPSA) is 160 Å². The third-order valence-corrected chi connectivity index (χ3v) is 8.95. The van der Waals surface area contributed by atoms with Gasteiger partial charge < -0.3 is 14.4 Å². The highest BCUT2D eigenvalue weighted by Gasteiger charge is 2.22. The molecule has 4 aromatic rings. The van der Waals surface area contributed by atoms with Crippen molar-refractivity contribution in [3.05, 3.63) is 88.1 Å². The highest BCUT2D eigenvalue weighted by atomic mass is 35.5. The maximum absolute atomic E-state index is 13.3. The lowest BCUT2D eigenvalue weighted by Crippen LogP contribution is -2.44. The molecule has 5 rings (SSSR count). The van der Waals surface area contributed by atoms with Crippen molar-refractivity contribution in [1.29, 1.82) is 0 Å². The molecule has 0 bridgehead atoms. The van der Waals surface area contributed by atoms with Crippen molar-refractivity contribution < 1.29 is 32.3 Å². The van der Waals surface area contributed by atoms with Gasteiger partial charge in [-0.1, -0.05) is 35.6 Å². The second kappa shape index (κ2) is 14.7. The minimum Gasteiger partial charge on any atom is -0.443 e. The first kappa shape index (κ1) is 36.1. The number of nitrogens with zero attached hydrogens (tertiary/aromatic N) is 4. The predicted octanol–water partition coefficient (Wildman–Crippen LogP) is 4.39. The predicted molar refractivity (Wildman–Crippen MR) is 189 cm³/mol. The van der Waals surface area contributed by atoms with Crippen molar-refractivity contribution >= 4 is 56.3 Å². The molecule has 1 aliphatic heterocycles. The smallest absolute Gasteiger partial charge is 0.426 e. The number of sulfonamides is 1. The Morgan fingerprint density at radius 1 is 1.00 bits per heavy atom. The summed E-state index contributed by atoms with van der Waals surface area (Å²) in [4.78, 5) is 49.0. The molecule has 2 aromatic heterocycles. The van der Waals surface area contributed by atoms with Crippen LogP contribution in [0.4, 0.5) is 10.6 Å². The summed E-state index contributed by atoms with van der Waals surface area (Å²) < 4.78 is 35.9. The van der Waals surface area contributed by atoms with Gasteiger partial charge >= 0.3 is 6.09 Å². The first-order valence-corrected chi connectivity index (χ1v) is 17.6. The van der Waals surface area contributed by atoms with Gasteiger partial charge in [-0.15, -0.1) is 0 Å². The van der Waals surface area contributed by atoms with Gasteiger partial charge in [0.2, 0.25) is 10.0 Å². The Hall–Kier alpha value is -5.23. The number of nitrogens with one attached hydrogen (secondary N) is 2. The van der Waals surface area contributed by atoms with Crippen LogP contribution >= 0.6 is 11.6 Å². The number of rotatable bonds is 5. The number of carbonyl (C=O) groups excluding carboxylic acids is 3. The second-order valence-electron chi connectivity index (χ2n) is 12.4. The number of morpholine rings is 1. The van der Waals surface area contributed by atoms with Crippen LogP contribution in [0.3, 0.4) is 0 Å². The minimum absolute atomic E-state index is 0.102. The average Bonchev–Trinajstić information content (AvgIpc) is 3.08. The number of hydrogen-bond acceptors (Lipinski definition) is 9. The number of halogens is 1. The fraction of sp³-hybridized carbons (Fsp3) is 0.286. The number of hydrazine groups is 1. The van der Waals surface area contributed by atoms with E-state index in [1.165, 1.54) is 25.4 Å². The van der Waals surface area contributed by atoms with Crippen LogP contribution in [0.5, 0.6) is 0 Å². The summed E-state index contributed by atoms with van der Waals surface area (Å²) in [6, 6.07) is 15.1. The van der Waals surface area contributed by atoms with Crippen molar-refractivity contribution in [3.8, 4) is 23.1 Å². The van der Waals surface area contributed by atoms with Gasteiger partial charge in [0.15, 0.2) is 0 Å². The summed E-state index contributed by atoms with van der Waals surface area (Å²) in [6.07, 6.45) is 1.54. The van der Waals surface area contributed by atoms with Crippen LogP contribution in [0.1, 0.15) is 52.6 Å². The molecule has 2 N–H and O–H groups in total. The third-order valence-electron chi connectivity index (χ3n) is 7.46. The average molecular weight is 719 g/mol. The van der Waals surface area contributed by atoms with Crippen LogP contribution in [0, 0.1) is 11.8 Å². The fourth-order valence-corrected chi connectivity index (χ4v) is 5.50. The van der Waals surface area contributed by atoms with Crippen molar-refractivity contribution in [2.45, 2.75) is 26.4 Å². The molecule has 0 aliphatic carbocycles. The van der Waals surface area contributed by atoms with Crippen LogP contribution in [0.15, 0.2) is 60.8 Å². The van der Waals surface area contributed by atoms with E-state index in [9.17, 15) is 22.8 Å². The molecule has 0 saturated carbocycles. The summed E-state index contributed by atoms with van der Waals surface area (Å²) in [6.45, 7) is 7.13. The normalized spacial score (nSPS) is 13.2. The molecule has 1 saturated heterocycles. The fourth-order valence-electron chi connectivity index (χ4n) is 4.83. The first-order valence-electron chi connectivity index (χ1n) is 15.4. The summed E-state index contributed by atoms with van der Waals surface area (Å²) in [5, 5.41) is 0.677. The van der Waals surface area contributed by atoms with Crippen molar-refractivity contribution in [1.82, 2.24) is 25.7 Å². The molecule has 0 radical (unpaired) electrons. The SMILES string of the molecule is CN(c1cc2nc(-c3ccc(C#Cc4ccc(C(=O)N5CCOCC5)cc4Cl)cc3)cc(C(=O)NNC(=O)OC(C)(C)C)c2cn1)S(C)(=O)=O. The third kappa shape index (κ3) is 8.86. The van der Waals surface area contributed by atoms with Crippen LogP contribution in [0.25, 0.3) is 22.2 Å². The summed E-state index contributed by atoms with van der Waals surface area (Å²) in [7, 11) is -2.27. The molecule has 1 aliphatic rings. The molecule has 0 spiro atoms. The van der Waals surface area contributed by atoms with Crippen LogP contribution < -0.4 is 15.2 Å². The lowest BCUT2D eigenvalue weighted by molar-refractivity contribution is 0.0303. The molecule has 0 atom stereocenters. The molecule has 3 heterocycles. The first-order chi connectivity index (χ1) is 23.6. The van der Waals surface area contributed by atoms with E-state index in [-0.39, 0.29) is 17.3 Å². The molecular formula is C35H35ClN6O7S. The number of pyridine rings is 2. The number of fused-ring (bicyclic) bond motifs is 1. The largest absolute Gasteiger partial charge is 0.443 e. The van der Waals surface area contributed by atoms with Crippen molar-refractivity contribution in [2.75, 3.05) is 43.9 Å². The van der Waals surface area contributed by atoms with Gasteiger partial charge in [0, 0.05) is 60.0 Å². The molecule has 50 heavy (non-hydrogen) atoms. The van der Waals surface area contributed by atoms with Gasteiger partial charge in [-0.25, -0.2) is 28.6 Å². The zero-order valence-electron chi connectivity index (χ0n) is 28.0. The van der Waals surface area contributed by atoms with E-state index in [1.807, 2.05) is 0 Å². The number of anilines is 1. The number of aromatic nitrogens is 2. The number of hydrogen-bond donors (Lipinski definition) is 2. The minimum atomic E-state index is -3.63. The molecule has 1 fully saturated rings. The lowest BCUT2D eigenvalue weighted by Gasteiger charge is -2.26. The molecule has 3 amide bonds. The van der Waals surface area contributed by atoms with E-state index in [0.29, 0.717) is 70.2 Å². The Morgan fingerprint density at radius 2 is 1.70 bits per heavy atom. The number of benzene rings is 2. The van der Waals surface area contributed by atoms with Gasteiger partial charge in [0.25, 0.3) is 11.8 Å². The van der Waals surface area contributed by atoms with Crippen molar-refractivity contribution in [3.63, 3.8) is 0 Å². The van der Waals surface area contributed by atoms with E-state index in [0.717, 1.165) is 10.6 Å². The quantitative estimate of drug-likeness (QED) is 0.225. The summed E-state index contributed by atoms with van der Waals surface area (Å²) >= 11 is 6.49. The molecule has 0 unspecified atom stereocenters. The molecule has 260 valence electrons. The molecule has 15 heteroatoms. The van der Waals surface area contributed by atoms with E-state index < -0.39 is 27.6 Å². The van der Waals surface area contributed by atoms with Gasteiger partial charge in [-0.3, -0.25) is 19.3 Å². The Labute approximate surface area is 294 Å². The monoisotopic (exact) mass is 718 g/mol.